The Morgan fingerprint density at radius 1 is 1.37 bits per heavy atom. The Morgan fingerprint density at radius 3 is 2.63 bits per heavy atom. The summed E-state index contributed by atoms with van der Waals surface area (Å²) in [6.45, 7) is 6.82. The lowest BCUT2D eigenvalue weighted by Gasteiger charge is -2.27. The molecule has 1 rings (SSSR count). The number of amides is 1. The first-order chi connectivity index (χ1) is 8.97. The normalized spacial score (nSPS) is 10.8. The Morgan fingerprint density at radius 2 is 2.05 bits per heavy atom. The van der Waals surface area contributed by atoms with Crippen molar-refractivity contribution in [2.75, 3.05) is 6.54 Å². The van der Waals surface area contributed by atoms with Crippen molar-refractivity contribution in [1.82, 2.24) is 4.90 Å². The highest BCUT2D eigenvalue weighted by atomic mass is 35.5. The van der Waals surface area contributed by atoms with E-state index in [2.05, 4.69) is 6.92 Å². The van der Waals surface area contributed by atoms with E-state index in [1.165, 1.54) is 12.1 Å². The highest BCUT2D eigenvalue weighted by Crippen LogP contribution is 2.23. The largest absolute Gasteiger partial charge is 0.508 e. The van der Waals surface area contributed by atoms with Crippen molar-refractivity contribution >= 4 is 17.5 Å². The second kappa shape index (κ2) is 7.39. The van der Waals surface area contributed by atoms with E-state index >= 15 is 0 Å². The van der Waals surface area contributed by atoms with E-state index in [1.807, 2.05) is 13.8 Å². The van der Waals surface area contributed by atoms with Gasteiger partial charge in [-0.2, -0.15) is 0 Å². The summed E-state index contributed by atoms with van der Waals surface area (Å²) >= 11 is 6.04. The van der Waals surface area contributed by atoms with Crippen LogP contribution in [0.2, 0.25) is 5.02 Å². The van der Waals surface area contributed by atoms with E-state index in [0.717, 1.165) is 25.8 Å². The minimum Gasteiger partial charge on any atom is -0.508 e. The molecule has 1 aromatic carbocycles. The smallest absolute Gasteiger partial charge is 0.255 e. The average molecular weight is 284 g/mol. The maximum absolute atomic E-state index is 12.5. The Labute approximate surface area is 120 Å². The molecule has 0 saturated heterocycles. The van der Waals surface area contributed by atoms with Crippen molar-refractivity contribution in [2.45, 2.75) is 46.1 Å². The van der Waals surface area contributed by atoms with E-state index in [0.29, 0.717) is 10.6 Å². The fourth-order valence-corrected chi connectivity index (χ4v) is 2.16. The minimum absolute atomic E-state index is 0.0602. The number of rotatable bonds is 6. The molecule has 0 aliphatic heterocycles. The number of hydrogen-bond acceptors (Lipinski definition) is 2. The zero-order valence-corrected chi connectivity index (χ0v) is 12.6. The molecule has 0 heterocycles. The van der Waals surface area contributed by atoms with E-state index in [1.54, 1.807) is 11.0 Å². The van der Waals surface area contributed by atoms with Gasteiger partial charge in [0.1, 0.15) is 5.75 Å². The van der Waals surface area contributed by atoms with Crippen LogP contribution in [0.4, 0.5) is 0 Å². The van der Waals surface area contributed by atoms with Crippen LogP contribution in [0.1, 0.15) is 50.4 Å². The van der Waals surface area contributed by atoms with Gasteiger partial charge in [0.15, 0.2) is 0 Å². The van der Waals surface area contributed by atoms with Gasteiger partial charge >= 0.3 is 0 Å². The molecule has 0 spiro atoms. The highest BCUT2D eigenvalue weighted by Gasteiger charge is 2.20. The Kier molecular flexibility index (Phi) is 6.16. The van der Waals surface area contributed by atoms with Crippen molar-refractivity contribution in [2.24, 2.45) is 0 Å². The molecule has 0 fully saturated rings. The van der Waals surface area contributed by atoms with E-state index in [-0.39, 0.29) is 17.7 Å². The summed E-state index contributed by atoms with van der Waals surface area (Å²) in [5.74, 6) is -0.0583. The van der Waals surface area contributed by atoms with Gasteiger partial charge in [-0.3, -0.25) is 4.79 Å². The Balaban J connectivity index is 2.89. The minimum atomic E-state index is -0.119. The molecular weight excluding hydrogens is 262 g/mol. The summed E-state index contributed by atoms with van der Waals surface area (Å²) in [5.41, 5.74) is 0.367. The number of carbonyl (C=O) groups excluding carboxylic acids is 1. The lowest BCUT2D eigenvalue weighted by molar-refractivity contribution is 0.0702. The number of halogens is 1. The first kappa shape index (κ1) is 15.8. The summed E-state index contributed by atoms with van der Waals surface area (Å²) in [6.07, 6.45) is 3.20. The summed E-state index contributed by atoms with van der Waals surface area (Å²) in [6, 6.07) is 4.58. The van der Waals surface area contributed by atoms with Gasteiger partial charge in [0, 0.05) is 12.6 Å². The van der Waals surface area contributed by atoms with E-state index in [4.69, 9.17) is 11.6 Å². The topological polar surface area (TPSA) is 40.5 Å². The average Bonchev–Trinajstić information content (AvgIpc) is 2.36. The molecule has 19 heavy (non-hydrogen) atoms. The van der Waals surface area contributed by atoms with Gasteiger partial charge in [-0.1, -0.05) is 31.4 Å². The quantitative estimate of drug-likeness (QED) is 0.799. The highest BCUT2D eigenvalue weighted by molar-refractivity contribution is 6.33. The SMILES string of the molecule is CCCCCN(C(=O)c1cc(O)ccc1Cl)C(C)C. The number of aromatic hydroxyl groups is 1. The van der Waals surface area contributed by atoms with Crippen LogP contribution in [0, 0.1) is 0 Å². The third-order valence-electron chi connectivity index (χ3n) is 3.07. The number of hydrogen-bond donors (Lipinski definition) is 1. The van der Waals surface area contributed by atoms with Gasteiger partial charge in [0.25, 0.3) is 5.91 Å². The van der Waals surface area contributed by atoms with Crippen LogP contribution in [0.5, 0.6) is 5.75 Å². The molecular formula is C15H22ClNO2. The predicted octanol–water partition coefficient (Wildman–Crippen LogP) is 4.09. The molecule has 0 saturated carbocycles. The number of nitrogens with zero attached hydrogens (tertiary/aromatic N) is 1. The molecule has 3 nitrogen and oxygen atoms in total. The molecule has 0 aromatic heterocycles. The van der Waals surface area contributed by atoms with Gasteiger partial charge in [-0.05, 0) is 38.5 Å². The zero-order chi connectivity index (χ0) is 14.4. The fourth-order valence-electron chi connectivity index (χ4n) is 1.96. The summed E-state index contributed by atoms with van der Waals surface area (Å²) in [7, 11) is 0. The van der Waals surface area contributed by atoms with Crippen LogP contribution >= 0.6 is 11.6 Å². The van der Waals surface area contributed by atoms with E-state index < -0.39 is 0 Å². The van der Waals surface area contributed by atoms with Crippen LogP contribution in [-0.2, 0) is 0 Å². The number of carbonyl (C=O) groups is 1. The van der Waals surface area contributed by atoms with Crippen LogP contribution in [0.25, 0.3) is 0 Å². The fraction of sp³-hybridized carbons (Fsp3) is 0.533. The summed E-state index contributed by atoms with van der Waals surface area (Å²) in [5, 5.41) is 9.87. The zero-order valence-electron chi connectivity index (χ0n) is 11.8. The molecule has 0 bridgehead atoms. The van der Waals surface area contributed by atoms with Crippen LogP contribution in [-0.4, -0.2) is 28.5 Å². The molecule has 1 N–H and O–H groups in total. The molecule has 0 atom stereocenters. The maximum Gasteiger partial charge on any atom is 0.255 e. The molecule has 0 radical (unpaired) electrons. The van der Waals surface area contributed by atoms with Crippen molar-refractivity contribution in [3.8, 4) is 5.75 Å². The third kappa shape index (κ3) is 4.43. The van der Waals surface area contributed by atoms with Gasteiger partial charge in [-0.15, -0.1) is 0 Å². The second-order valence-corrected chi connectivity index (χ2v) is 5.37. The first-order valence-corrected chi connectivity index (χ1v) is 7.14. The number of phenolic OH excluding ortho intramolecular Hbond substituents is 1. The van der Waals surface area contributed by atoms with Gasteiger partial charge in [0.2, 0.25) is 0 Å². The van der Waals surface area contributed by atoms with E-state index in [9.17, 15) is 9.90 Å². The van der Waals surface area contributed by atoms with Crippen LogP contribution < -0.4 is 0 Å². The van der Waals surface area contributed by atoms with Crippen molar-refractivity contribution in [3.63, 3.8) is 0 Å². The monoisotopic (exact) mass is 283 g/mol. The molecule has 0 aliphatic carbocycles. The molecule has 4 heteroatoms. The van der Waals surface area contributed by atoms with Crippen LogP contribution in [0.15, 0.2) is 18.2 Å². The number of benzene rings is 1. The number of phenols is 1. The van der Waals surface area contributed by atoms with Crippen molar-refractivity contribution < 1.29 is 9.90 Å². The first-order valence-electron chi connectivity index (χ1n) is 6.76. The van der Waals surface area contributed by atoms with Crippen LogP contribution in [0.3, 0.4) is 0 Å². The maximum atomic E-state index is 12.5. The molecule has 0 unspecified atom stereocenters. The number of unbranched alkanes of at least 4 members (excludes halogenated alkanes) is 2. The third-order valence-corrected chi connectivity index (χ3v) is 3.40. The molecule has 0 aliphatic rings. The Bertz CT molecular complexity index is 432. The van der Waals surface area contributed by atoms with Gasteiger partial charge in [0.05, 0.1) is 10.6 Å². The van der Waals surface area contributed by atoms with Gasteiger partial charge < -0.3 is 10.0 Å². The molecule has 1 amide bonds. The van der Waals surface area contributed by atoms with Crippen molar-refractivity contribution in [3.05, 3.63) is 28.8 Å². The van der Waals surface area contributed by atoms with Crippen molar-refractivity contribution in [1.29, 1.82) is 0 Å². The Hall–Kier alpha value is -1.22. The summed E-state index contributed by atoms with van der Waals surface area (Å²) in [4.78, 5) is 14.3. The second-order valence-electron chi connectivity index (χ2n) is 4.96. The lowest BCUT2D eigenvalue weighted by Crippen LogP contribution is -2.37. The standard InChI is InChI=1S/C15H22ClNO2/c1-4-5-6-9-17(11(2)3)15(19)13-10-12(18)7-8-14(13)16/h7-8,10-11,18H,4-6,9H2,1-3H3. The predicted molar refractivity (Wildman–Crippen MR) is 78.8 cm³/mol. The summed E-state index contributed by atoms with van der Waals surface area (Å²) < 4.78 is 0. The lowest BCUT2D eigenvalue weighted by atomic mass is 10.1. The van der Waals surface area contributed by atoms with Gasteiger partial charge in [-0.25, -0.2) is 0 Å². The molecule has 106 valence electrons. The molecule has 1 aromatic rings.